The molecule has 0 unspecified atom stereocenters. The molecule has 0 amide bonds. The molecule has 0 spiro atoms. The lowest BCUT2D eigenvalue weighted by Crippen LogP contribution is -2.13. The summed E-state index contributed by atoms with van der Waals surface area (Å²) in [4.78, 5) is 0. The number of rotatable bonds is 6. The third-order valence-electron chi connectivity index (χ3n) is 11.1. The van der Waals surface area contributed by atoms with Gasteiger partial charge in [0.05, 0.1) is 0 Å². The first-order chi connectivity index (χ1) is 19.2. The van der Waals surface area contributed by atoms with Crippen molar-refractivity contribution in [3.63, 3.8) is 0 Å². The lowest BCUT2D eigenvalue weighted by atomic mass is 9.75. The normalized spacial score (nSPS) is 22.8. The molecule has 39 heavy (non-hydrogen) atoms. The fourth-order valence-corrected chi connectivity index (χ4v) is 8.92. The molecule has 0 aliphatic heterocycles. The molecular formula is C37H52O2. The number of benzene rings is 2. The molecule has 2 N–H and O–H groups in total. The van der Waals surface area contributed by atoms with Gasteiger partial charge in [-0.25, -0.2) is 0 Å². The molecule has 2 heteroatoms. The van der Waals surface area contributed by atoms with E-state index in [2.05, 4.69) is 24.3 Å². The Balaban J connectivity index is 1.42. The number of aromatic hydroxyl groups is 2. The minimum absolute atomic E-state index is 0.508. The number of phenols is 2. The summed E-state index contributed by atoms with van der Waals surface area (Å²) in [5.41, 5.74) is 8.22. The van der Waals surface area contributed by atoms with E-state index in [1.54, 1.807) is 0 Å². The summed E-state index contributed by atoms with van der Waals surface area (Å²) >= 11 is 0. The zero-order valence-corrected chi connectivity index (χ0v) is 24.4. The average molecular weight is 529 g/mol. The summed E-state index contributed by atoms with van der Waals surface area (Å²) in [6.45, 7) is 0. The van der Waals surface area contributed by atoms with Gasteiger partial charge >= 0.3 is 0 Å². The Bertz CT molecular complexity index is 1010. The molecule has 0 saturated heterocycles. The van der Waals surface area contributed by atoms with E-state index in [0.717, 1.165) is 6.42 Å². The highest BCUT2D eigenvalue weighted by Crippen LogP contribution is 2.46. The summed E-state index contributed by atoms with van der Waals surface area (Å²) in [5.74, 6) is 3.29. The van der Waals surface area contributed by atoms with Crippen LogP contribution in [0.25, 0.3) is 0 Å². The van der Waals surface area contributed by atoms with Gasteiger partial charge in [-0.1, -0.05) is 89.2 Å². The van der Waals surface area contributed by atoms with Crippen molar-refractivity contribution in [2.24, 2.45) is 0 Å². The zero-order valence-electron chi connectivity index (χ0n) is 24.4. The highest BCUT2D eigenvalue weighted by atomic mass is 16.3. The van der Waals surface area contributed by atoms with Gasteiger partial charge in [-0.05, 0) is 127 Å². The Labute approximate surface area is 237 Å². The van der Waals surface area contributed by atoms with Gasteiger partial charge in [0.1, 0.15) is 11.5 Å². The second-order valence-electron chi connectivity index (χ2n) is 13.7. The lowest BCUT2D eigenvalue weighted by Gasteiger charge is -2.30. The van der Waals surface area contributed by atoms with E-state index < -0.39 is 0 Å². The molecule has 2 aromatic carbocycles. The first-order valence-corrected chi connectivity index (χ1v) is 16.9. The SMILES string of the molecule is Oc1cc(C2CCCCC2)c(Cc2cc(C3CCCCC3)c(O)cc2C2CCCCC2)cc1C1CCCCC1. The molecule has 2 nitrogen and oxygen atoms in total. The van der Waals surface area contributed by atoms with Gasteiger partial charge in [0.2, 0.25) is 0 Å². The maximum absolute atomic E-state index is 11.3. The third-order valence-corrected chi connectivity index (χ3v) is 11.1. The molecule has 4 fully saturated rings. The van der Waals surface area contributed by atoms with Crippen molar-refractivity contribution in [1.29, 1.82) is 0 Å². The Morgan fingerprint density at radius 3 is 0.974 bits per heavy atom. The predicted molar refractivity (Wildman–Crippen MR) is 162 cm³/mol. The van der Waals surface area contributed by atoms with E-state index in [-0.39, 0.29) is 0 Å². The van der Waals surface area contributed by atoms with Crippen LogP contribution in [0.15, 0.2) is 24.3 Å². The van der Waals surface area contributed by atoms with Crippen LogP contribution in [-0.2, 0) is 6.42 Å². The van der Waals surface area contributed by atoms with Crippen LogP contribution in [0.3, 0.4) is 0 Å². The van der Waals surface area contributed by atoms with E-state index >= 15 is 0 Å². The second kappa shape index (κ2) is 12.7. The van der Waals surface area contributed by atoms with E-state index in [9.17, 15) is 10.2 Å². The van der Waals surface area contributed by atoms with Gasteiger partial charge in [-0.15, -0.1) is 0 Å². The molecule has 4 aliphatic carbocycles. The first kappa shape index (κ1) is 27.2. The quantitative estimate of drug-likeness (QED) is 0.391. The van der Waals surface area contributed by atoms with Crippen molar-refractivity contribution in [2.45, 2.75) is 159 Å². The van der Waals surface area contributed by atoms with Crippen molar-refractivity contribution < 1.29 is 10.2 Å². The first-order valence-electron chi connectivity index (χ1n) is 16.9. The van der Waals surface area contributed by atoms with Crippen LogP contribution >= 0.6 is 0 Å². The van der Waals surface area contributed by atoms with Crippen LogP contribution in [0.5, 0.6) is 11.5 Å². The molecule has 212 valence electrons. The van der Waals surface area contributed by atoms with Crippen LogP contribution in [0.2, 0.25) is 0 Å². The van der Waals surface area contributed by atoms with Crippen LogP contribution < -0.4 is 0 Å². The smallest absolute Gasteiger partial charge is 0.119 e. The van der Waals surface area contributed by atoms with Gasteiger partial charge in [-0.2, -0.15) is 0 Å². The van der Waals surface area contributed by atoms with E-state index in [1.165, 1.54) is 162 Å². The molecule has 0 atom stereocenters. The summed E-state index contributed by atoms with van der Waals surface area (Å²) in [6.07, 6.45) is 26.7. The lowest BCUT2D eigenvalue weighted by molar-refractivity contribution is 0.408. The zero-order chi connectivity index (χ0) is 26.6. The summed E-state index contributed by atoms with van der Waals surface area (Å²) in [6, 6.07) is 9.32. The van der Waals surface area contributed by atoms with Crippen LogP contribution in [-0.4, -0.2) is 10.2 Å². The van der Waals surface area contributed by atoms with Crippen LogP contribution in [0.1, 0.15) is 185 Å². The van der Waals surface area contributed by atoms with Gasteiger partial charge < -0.3 is 10.2 Å². The Kier molecular flexibility index (Phi) is 8.86. The monoisotopic (exact) mass is 528 g/mol. The van der Waals surface area contributed by atoms with Gasteiger partial charge in [-0.3, -0.25) is 0 Å². The van der Waals surface area contributed by atoms with Crippen molar-refractivity contribution in [2.75, 3.05) is 0 Å². The molecule has 4 aliphatic rings. The minimum atomic E-state index is 0.508. The van der Waals surface area contributed by atoms with E-state index in [4.69, 9.17) is 0 Å². The fourth-order valence-electron chi connectivity index (χ4n) is 8.92. The fraction of sp³-hybridized carbons (Fsp3) is 0.676. The minimum Gasteiger partial charge on any atom is -0.508 e. The third kappa shape index (κ3) is 6.20. The topological polar surface area (TPSA) is 40.5 Å². The van der Waals surface area contributed by atoms with E-state index in [0.29, 0.717) is 35.2 Å². The molecule has 0 radical (unpaired) electrons. The maximum Gasteiger partial charge on any atom is 0.119 e. The predicted octanol–water partition coefficient (Wildman–Crippen LogP) is 10.9. The largest absolute Gasteiger partial charge is 0.508 e. The molecular weight excluding hydrogens is 476 g/mol. The van der Waals surface area contributed by atoms with Crippen molar-refractivity contribution in [3.8, 4) is 11.5 Å². The second-order valence-corrected chi connectivity index (χ2v) is 13.7. The highest BCUT2D eigenvalue weighted by molar-refractivity contribution is 5.51. The Morgan fingerprint density at radius 1 is 0.385 bits per heavy atom. The molecule has 0 heterocycles. The van der Waals surface area contributed by atoms with Crippen molar-refractivity contribution in [1.82, 2.24) is 0 Å². The van der Waals surface area contributed by atoms with E-state index in [1.807, 2.05) is 0 Å². The summed E-state index contributed by atoms with van der Waals surface area (Å²) < 4.78 is 0. The van der Waals surface area contributed by atoms with Gasteiger partial charge in [0.15, 0.2) is 0 Å². The number of hydrogen-bond donors (Lipinski definition) is 2. The summed E-state index contributed by atoms with van der Waals surface area (Å²) in [5, 5.41) is 22.7. The Morgan fingerprint density at radius 2 is 0.667 bits per heavy atom. The standard InChI is InChI=1S/C37H52O2/c38-36-24-32(26-13-5-1-6-14-26)30(22-34(36)28-17-9-3-10-18-28)21-31-23-35(29-19-11-4-12-20-29)37(39)25-33(31)27-15-7-2-8-16-27/h22-29,38-39H,1-21H2. The maximum atomic E-state index is 11.3. The van der Waals surface area contributed by atoms with Crippen molar-refractivity contribution in [3.05, 3.63) is 57.6 Å². The molecule has 4 saturated carbocycles. The highest BCUT2D eigenvalue weighted by Gasteiger charge is 2.28. The van der Waals surface area contributed by atoms with Crippen LogP contribution in [0.4, 0.5) is 0 Å². The van der Waals surface area contributed by atoms with Crippen molar-refractivity contribution >= 4 is 0 Å². The number of phenolic OH excluding ortho intramolecular Hbond substituents is 2. The Hall–Kier alpha value is -1.96. The average Bonchev–Trinajstić information content (AvgIpc) is 3.00. The summed E-state index contributed by atoms with van der Waals surface area (Å²) in [7, 11) is 0. The molecule has 0 bridgehead atoms. The molecule has 6 rings (SSSR count). The van der Waals surface area contributed by atoms with Gasteiger partial charge in [0, 0.05) is 0 Å². The van der Waals surface area contributed by atoms with Gasteiger partial charge in [0.25, 0.3) is 0 Å². The van der Waals surface area contributed by atoms with Crippen LogP contribution in [0, 0.1) is 0 Å². The molecule has 0 aromatic heterocycles. The number of hydrogen-bond acceptors (Lipinski definition) is 2. The molecule has 2 aromatic rings.